The second-order valence-corrected chi connectivity index (χ2v) is 6.44. The zero-order valence-corrected chi connectivity index (χ0v) is 14.2. The Bertz CT molecular complexity index is 854. The summed E-state index contributed by atoms with van der Waals surface area (Å²) in [6.07, 6.45) is -2.24. The Kier molecular flexibility index (Phi) is 4.96. The van der Waals surface area contributed by atoms with Crippen LogP contribution in [0, 0.1) is 5.82 Å². The van der Waals surface area contributed by atoms with Crippen LogP contribution in [-0.4, -0.2) is 46.1 Å². The average molecular weight is 379 g/mol. The van der Waals surface area contributed by atoms with Gasteiger partial charge in [-0.1, -0.05) is 0 Å². The summed E-state index contributed by atoms with van der Waals surface area (Å²) in [6.45, 7) is 1.46. The van der Waals surface area contributed by atoms with Gasteiger partial charge in [-0.25, -0.2) is 14.2 Å². The van der Waals surface area contributed by atoms with Crippen LogP contribution < -0.4 is 10.6 Å². The van der Waals surface area contributed by atoms with Gasteiger partial charge in [0, 0.05) is 10.9 Å². The number of carboxylic acid groups (broad SMARTS) is 1. The van der Waals surface area contributed by atoms with E-state index >= 15 is 0 Å². The Balaban J connectivity index is 1.55. The van der Waals surface area contributed by atoms with Crippen LogP contribution in [0.15, 0.2) is 29.6 Å². The SMILES string of the molecule is C[C@H](NC(=O)[C@@H]1O[C@H]1C(=O)O)C(=O)Nc1nc(-c2ccc(F)cc2)cs1. The van der Waals surface area contributed by atoms with Gasteiger partial charge < -0.3 is 20.5 Å². The molecule has 0 spiro atoms. The summed E-state index contributed by atoms with van der Waals surface area (Å²) in [5, 5.41) is 15.7. The monoisotopic (exact) mass is 379 g/mol. The van der Waals surface area contributed by atoms with Crippen molar-refractivity contribution >= 4 is 34.3 Å². The number of thiazole rings is 1. The molecule has 1 aliphatic rings. The molecule has 1 fully saturated rings. The third kappa shape index (κ3) is 4.03. The number of ether oxygens (including phenoxy) is 1. The number of carboxylic acids is 1. The van der Waals surface area contributed by atoms with Crippen molar-refractivity contribution in [2.24, 2.45) is 0 Å². The number of aromatic nitrogens is 1. The molecule has 10 heteroatoms. The Labute approximate surface area is 151 Å². The number of amides is 2. The van der Waals surface area contributed by atoms with Gasteiger partial charge in [-0.05, 0) is 31.2 Å². The van der Waals surface area contributed by atoms with Gasteiger partial charge >= 0.3 is 5.97 Å². The Morgan fingerprint density at radius 3 is 2.58 bits per heavy atom. The molecule has 26 heavy (non-hydrogen) atoms. The number of nitrogens with one attached hydrogen (secondary N) is 2. The third-order valence-corrected chi connectivity index (χ3v) is 4.38. The largest absolute Gasteiger partial charge is 0.479 e. The van der Waals surface area contributed by atoms with Gasteiger partial charge in [-0.2, -0.15) is 0 Å². The van der Waals surface area contributed by atoms with E-state index in [0.29, 0.717) is 16.4 Å². The minimum absolute atomic E-state index is 0.321. The topological polar surface area (TPSA) is 121 Å². The van der Waals surface area contributed by atoms with E-state index in [2.05, 4.69) is 15.6 Å². The maximum absolute atomic E-state index is 13.0. The Morgan fingerprint density at radius 1 is 1.27 bits per heavy atom. The lowest BCUT2D eigenvalue weighted by molar-refractivity contribution is -0.138. The molecule has 1 aromatic heterocycles. The molecule has 2 heterocycles. The van der Waals surface area contributed by atoms with Crippen LogP contribution in [0.3, 0.4) is 0 Å². The predicted octanol–water partition coefficient (Wildman–Crippen LogP) is 1.24. The molecule has 3 N–H and O–H groups in total. The van der Waals surface area contributed by atoms with Crippen molar-refractivity contribution in [2.75, 3.05) is 5.32 Å². The molecule has 0 radical (unpaired) electrons. The third-order valence-electron chi connectivity index (χ3n) is 3.62. The van der Waals surface area contributed by atoms with Crippen molar-refractivity contribution in [2.45, 2.75) is 25.2 Å². The first-order valence-electron chi connectivity index (χ1n) is 7.56. The van der Waals surface area contributed by atoms with Crippen molar-refractivity contribution < 1.29 is 28.6 Å². The summed E-state index contributed by atoms with van der Waals surface area (Å²) in [4.78, 5) is 38.8. The summed E-state index contributed by atoms with van der Waals surface area (Å²) < 4.78 is 17.7. The lowest BCUT2D eigenvalue weighted by atomic mass is 10.2. The molecule has 0 bridgehead atoms. The van der Waals surface area contributed by atoms with E-state index in [-0.39, 0.29) is 5.82 Å². The molecule has 0 saturated carbocycles. The minimum Gasteiger partial charge on any atom is -0.479 e. The average Bonchev–Trinajstić information content (AvgIpc) is 3.29. The molecule has 2 amide bonds. The van der Waals surface area contributed by atoms with E-state index in [1.165, 1.54) is 30.4 Å². The first-order chi connectivity index (χ1) is 12.3. The molecule has 3 atom stereocenters. The number of anilines is 1. The van der Waals surface area contributed by atoms with Crippen LogP contribution >= 0.6 is 11.3 Å². The van der Waals surface area contributed by atoms with Crippen molar-refractivity contribution in [3.63, 3.8) is 0 Å². The first kappa shape index (κ1) is 18.0. The van der Waals surface area contributed by atoms with Gasteiger partial charge in [0.05, 0.1) is 5.69 Å². The van der Waals surface area contributed by atoms with Crippen molar-refractivity contribution in [3.8, 4) is 11.3 Å². The number of benzene rings is 1. The summed E-state index contributed by atoms with van der Waals surface area (Å²) in [6, 6.07) is 4.88. The molecule has 0 aliphatic carbocycles. The minimum atomic E-state index is -1.22. The lowest BCUT2D eigenvalue weighted by Gasteiger charge is -2.11. The van der Waals surface area contributed by atoms with Crippen LogP contribution in [0.5, 0.6) is 0 Å². The normalized spacial score (nSPS) is 19.5. The first-order valence-corrected chi connectivity index (χ1v) is 8.44. The van der Waals surface area contributed by atoms with Gasteiger partial charge in [0.2, 0.25) is 5.91 Å². The molecule has 136 valence electrons. The number of epoxide rings is 1. The summed E-state index contributed by atoms with van der Waals surface area (Å²) in [7, 11) is 0. The number of rotatable bonds is 6. The molecule has 0 unspecified atom stereocenters. The standard InChI is InChI=1S/C16H14FN3O5S/c1-7(18-14(22)11-12(25-11)15(23)24)13(21)20-16-19-10(6-26-16)8-2-4-9(17)5-3-8/h2-7,11-12H,1H3,(H,18,22)(H,23,24)(H,19,20,21)/t7-,11+,12+/m0/s1. The van der Waals surface area contributed by atoms with E-state index in [0.717, 1.165) is 0 Å². The van der Waals surface area contributed by atoms with Crippen molar-refractivity contribution in [1.82, 2.24) is 10.3 Å². The maximum Gasteiger partial charge on any atom is 0.336 e. The molecular weight excluding hydrogens is 365 g/mol. The van der Waals surface area contributed by atoms with Gasteiger partial charge in [-0.3, -0.25) is 9.59 Å². The fraction of sp³-hybridized carbons (Fsp3) is 0.250. The van der Waals surface area contributed by atoms with Crippen LogP contribution in [0.1, 0.15) is 6.92 Å². The zero-order valence-electron chi connectivity index (χ0n) is 13.4. The highest BCUT2D eigenvalue weighted by Gasteiger charge is 2.51. The van der Waals surface area contributed by atoms with Crippen LogP contribution in [0.4, 0.5) is 9.52 Å². The smallest absolute Gasteiger partial charge is 0.336 e. The quantitative estimate of drug-likeness (QED) is 0.650. The highest BCUT2D eigenvalue weighted by atomic mass is 32.1. The second kappa shape index (κ2) is 7.18. The number of aliphatic carboxylic acids is 1. The molecule has 2 aromatic rings. The number of hydrogen-bond acceptors (Lipinski definition) is 6. The lowest BCUT2D eigenvalue weighted by Crippen LogP contribution is -2.44. The van der Waals surface area contributed by atoms with Gasteiger partial charge in [0.25, 0.3) is 5.91 Å². The molecule has 3 rings (SSSR count). The fourth-order valence-corrected chi connectivity index (χ4v) is 2.88. The number of halogens is 1. The van der Waals surface area contributed by atoms with Crippen LogP contribution in [-0.2, 0) is 19.1 Å². The summed E-state index contributed by atoms with van der Waals surface area (Å²) in [5.74, 6) is -2.75. The highest BCUT2D eigenvalue weighted by Crippen LogP contribution is 2.25. The molecule has 1 aromatic carbocycles. The van der Waals surface area contributed by atoms with E-state index < -0.39 is 36.0 Å². The summed E-state index contributed by atoms with van der Waals surface area (Å²) >= 11 is 1.18. The predicted molar refractivity (Wildman–Crippen MR) is 90.0 cm³/mol. The Morgan fingerprint density at radius 2 is 1.96 bits per heavy atom. The maximum atomic E-state index is 13.0. The van der Waals surface area contributed by atoms with Gasteiger partial charge in [0.15, 0.2) is 17.3 Å². The van der Waals surface area contributed by atoms with E-state index in [1.54, 1.807) is 17.5 Å². The fourth-order valence-electron chi connectivity index (χ4n) is 2.16. The molecular formula is C16H14FN3O5S. The second-order valence-electron chi connectivity index (χ2n) is 5.58. The number of hydrogen-bond donors (Lipinski definition) is 3. The van der Waals surface area contributed by atoms with Gasteiger partial charge in [-0.15, -0.1) is 11.3 Å². The van der Waals surface area contributed by atoms with E-state index in [9.17, 15) is 18.8 Å². The van der Waals surface area contributed by atoms with E-state index in [4.69, 9.17) is 9.84 Å². The highest BCUT2D eigenvalue weighted by molar-refractivity contribution is 7.14. The van der Waals surface area contributed by atoms with Crippen molar-refractivity contribution in [1.29, 1.82) is 0 Å². The summed E-state index contributed by atoms with van der Waals surface area (Å²) in [5.41, 5.74) is 1.28. The van der Waals surface area contributed by atoms with Crippen LogP contribution in [0.2, 0.25) is 0 Å². The molecule has 8 nitrogen and oxygen atoms in total. The van der Waals surface area contributed by atoms with Gasteiger partial charge in [0.1, 0.15) is 11.9 Å². The number of carbonyl (C=O) groups is 3. The van der Waals surface area contributed by atoms with Crippen LogP contribution in [0.25, 0.3) is 11.3 Å². The number of nitrogens with zero attached hydrogens (tertiary/aromatic N) is 1. The zero-order chi connectivity index (χ0) is 18.8. The Hall–Kier alpha value is -2.85. The molecule has 1 saturated heterocycles. The molecule has 1 aliphatic heterocycles. The van der Waals surface area contributed by atoms with Crippen molar-refractivity contribution in [3.05, 3.63) is 35.5 Å². The van der Waals surface area contributed by atoms with E-state index in [1.807, 2.05) is 0 Å². The number of carbonyl (C=O) groups excluding carboxylic acids is 2.